The Morgan fingerprint density at radius 3 is 2.11 bits per heavy atom. The Labute approximate surface area is 169 Å². The van der Waals surface area contributed by atoms with Gasteiger partial charge in [0.15, 0.2) is 5.78 Å². The van der Waals surface area contributed by atoms with Gasteiger partial charge in [0.25, 0.3) is 0 Å². The summed E-state index contributed by atoms with van der Waals surface area (Å²) in [5, 5.41) is 0. The number of benzene rings is 1. The van der Waals surface area contributed by atoms with E-state index in [-0.39, 0.29) is 17.1 Å². The van der Waals surface area contributed by atoms with Gasteiger partial charge >= 0.3 is 5.97 Å². The predicted octanol–water partition coefficient (Wildman–Crippen LogP) is 5.31. The monoisotopic (exact) mass is 392 g/mol. The third kappa shape index (κ3) is 7.17. The summed E-state index contributed by atoms with van der Waals surface area (Å²) in [7, 11) is 3.00. The van der Waals surface area contributed by atoms with Crippen molar-refractivity contribution in [3.63, 3.8) is 0 Å². The molecule has 0 radical (unpaired) electrons. The van der Waals surface area contributed by atoms with Gasteiger partial charge < -0.3 is 14.2 Å². The van der Waals surface area contributed by atoms with E-state index in [0.717, 1.165) is 19.3 Å². The number of esters is 1. The van der Waals surface area contributed by atoms with Crippen molar-refractivity contribution in [2.75, 3.05) is 20.8 Å². The summed E-state index contributed by atoms with van der Waals surface area (Å²) < 4.78 is 16.2. The van der Waals surface area contributed by atoms with Crippen molar-refractivity contribution in [2.24, 2.45) is 17.3 Å². The van der Waals surface area contributed by atoms with Crippen LogP contribution in [0.1, 0.15) is 70.7 Å². The SMILES string of the molecule is CCCCOC(=O)C(CC(C)CC(C)(C)C)C(=O)c1c(OC)cccc1OC. The van der Waals surface area contributed by atoms with E-state index in [0.29, 0.717) is 30.1 Å². The molecule has 0 heterocycles. The number of hydrogen-bond donors (Lipinski definition) is 0. The molecule has 0 aliphatic heterocycles. The van der Waals surface area contributed by atoms with Crippen molar-refractivity contribution in [2.45, 2.75) is 60.3 Å². The van der Waals surface area contributed by atoms with Crippen LogP contribution in [0.25, 0.3) is 0 Å². The normalized spacial score (nSPS) is 13.5. The molecule has 0 aromatic heterocycles. The number of hydrogen-bond acceptors (Lipinski definition) is 5. The number of Topliss-reactive ketones (excluding diaryl/α,β-unsaturated/α-hetero) is 1. The number of ether oxygens (including phenoxy) is 3. The Kier molecular flexibility index (Phi) is 9.50. The average Bonchev–Trinajstić information content (AvgIpc) is 2.63. The molecule has 0 aliphatic rings. The van der Waals surface area contributed by atoms with E-state index >= 15 is 0 Å². The van der Waals surface area contributed by atoms with E-state index < -0.39 is 11.9 Å². The minimum absolute atomic E-state index is 0.112. The highest BCUT2D eigenvalue weighted by Crippen LogP contribution is 2.34. The third-order valence-electron chi connectivity index (χ3n) is 4.62. The Bertz CT molecular complexity index is 623. The fourth-order valence-electron chi connectivity index (χ4n) is 3.53. The summed E-state index contributed by atoms with van der Waals surface area (Å²) in [5.41, 5.74) is 0.411. The first-order chi connectivity index (χ1) is 13.1. The molecular formula is C23H36O5. The zero-order valence-corrected chi connectivity index (χ0v) is 18.5. The van der Waals surface area contributed by atoms with Crippen LogP contribution in [-0.2, 0) is 9.53 Å². The standard InChI is InChI=1S/C23H36O5/c1-8-9-13-28-22(25)17(14-16(2)15-23(3,4)5)21(24)20-18(26-6)11-10-12-19(20)27-7/h10-12,16-17H,8-9,13-15H2,1-7H3. The van der Waals surface area contributed by atoms with E-state index in [1.54, 1.807) is 18.2 Å². The lowest BCUT2D eigenvalue weighted by Gasteiger charge is -2.26. The van der Waals surface area contributed by atoms with Crippen molar-refractivity contribution in [3.8, 4) is 11.5 Å². The van der Waals surface area contributed by atoms with Gasteiger partial charge in [-0.3, -0.25) is 9.59 Å². The number of rotatable bonds is 11. The zero-order chi connectivity index (χ0) is 21.3. The molecule has 2 atom stereocenters. The molecule has 0 saturated carbocycles. The third-order valence-corrected chi connectivity index (χ3v) is 4.62. The first kappa shape index (κ1) is 24.0. The quantitative estimate of drug-likeness (QED) is 0.221. The van der Waals surface area contributed by atoms with Crippen LogP contribution in [0.4, 0.5) is 0 Å². The molecule has 0 bridgehead atoms. The second-order valence-electron chi connectivity index (χ2n) is 8.58. The van der Waals surface area contributed by atoms with E-state index in [4.69, 9.17) is 14.2 Å². The molecule has 5 heteroatoms. The van der Waals surface area contributed by atoms with Crippen molar-refractivity contribution < 1.29 is 23.8 Å². The first-order valence-corrected chi connectivity index (χ1v) is 10.1. The predicted molar refractivity (Wildman–Crippen MR) is 111 cm³/mol. The Hall–Kier alpha value is -2.04. The summed E-state index contributed by atoms with van der Waals surface area (Å²) in [6.07, 6.45) is 3.04. The van der Waals surface area contributed by atoms with E-state index in [1.807, 2.05) is 6.92 Å². The molecule has 1 aromatic rings. The van der Waals surface area contributed by atoms with Crippen LogP contribution in [0.15, 0.2) is 18.2 Å². The van der Waals surface area contributed by atoms with Gasteiger partial charge in [-0.05, 0) is 42.7 Å². The Morgan fingerprint density at radius 2 is 1.64 bits per heavy atom. The van der Waals surface area contributed by atoms with Gasteiger partial charge in [-0.25, -0.2) is 0 Å². The van der Waals surface area contributed by atoms with Gasteiger partial charge in [0, 0.05) is 0 Å². The van der Waals surface area contributed by atoms with Crippen molar-refractivity contribution in [1.29, 1.82) is 0 Å². The maximum absolute atomic E-state index is 13.4. The molecule has 0 N–H and O–H groups in total. The van der Waals surface area contributed by atoms with Crippen molar-refractivity contribution in [1.82, 2.24) is 0 Å². The van der Waals surface area contributed by atoms with Crippen LogP contribution >= 0.6 is 0 Å². The molecular weight excluding hydrogens is 356 g/mol. The number of carbonyl (C=O) groups is 2. The van der Waals surface area contributed by atoms with Gasteiger partial charge in [-0.15, -0.1) is 0 Å². The number of methoxy groups -OCH3 is 2. The minimum Gasteiger partial charge on any atom is -0.496 e. The highest BCUT2D eigenvalue weighted by atomic mass is 16.5. The molecule has 0 saturated heterocycles. The fourth-order valence-corrected chi connectivity index (χ4v) is 3.53. The van der Waals surface area contributed by atoms with Crippen LogP contribution in [-0.4, -0.2) is 32.6 Å². The molecule has 158 valence electrons. The number of unbranched alkanes of at least 4 members (excludes halogenated alkanes) is 1. The van der Waals surface area contributed by atoms with Gasteiger partial charge in [0.05, 0.1) is 20.8 Å². The van der Waals surface area contributed by atoms with E-state index in [2.05, 4.69) is 27.7 Å². The fraction of sp³-hybridized carbons (Fsp3) is 0.652. The van der Waals surface area contributed by atoms with Crippen molar-refractivity contribution in [3.05, 3.63) is 23.8 Å². The highest BCUT2D eigenvalue weighted by molar-refractivity contribution is 6.11. The molecule has 0 amide bonds. The molecule has 0 spiro atoms. The summed E-state index contributed by atoms with van der Waals surface area (Å²) in [5.74, 6) is -0.658. The largest absolute Gasteiger partial charge is 0.496 e. The second kappa shape index (κ2) is 11.1. The van der Waals surface area contributed by atoms with E-state index in [9.17, 15) is 9.59 Å². The second-order valence-corrected chi connectivity index (χ2v) is 8.58. The molecule has 1 rings (SSSR count). The lowest BCUT2D eigenvalue weighted by atomic mass is 9.80. The van der Waals surface area contributed by atoms with Gasteiger partial charge in [0.2, 0.25) is 0 Å². The average molecular weight is 393 g/mol. The molecule has 2 unspecified atom stereocenters. The molecule has 1 aromatic carbocycles. The van der Waals surface area contributed by atoms with Crippen LogP contribution in [0.5, 0.6) is 11.5 Å². The lowest BCUT2D eigenvalue weighted by molar-refractivity contribution is -0.147. The summed E-state index contributed by atoms with van der Waals surface area (Å²) >= 11 is 0. The molecule has 5 nitrogen and oxygen atoms in total. The summed E-state index contributed by atoms with van der Waals surface area (Å²) in [6, 6.07) is 5.16. The highest BCUT2D eigenvalue weighted by Gasteiger charge is 2.35. The maximum Gasteiger partial charge on any atom is 0.316 e. The first-order valence-electron chi connectivity index (χ1n) is 10.1. The molecule has 28 heavy (non-hydrogen) atoms. The zero-order valence-electron chi connectivity index (χ0n) is 18.5. The Balaban J connectivity index is 3.19. The molecule has 0 aliphatic carbocycles. The van der Waals surface area contributed by atoms with Crippen LogP contribution in [0.3, 0.4) is 0 Å². The molecule has 0 fully saturated rings. The van der Waals surface area contributed by atoms with Crippen LogP contribution < -0.4 is 9.47 Å². The minimum atomic E-state index is -0.876. The summed E-state index contributed by atoms with van der Waals surface area (Å²) in [6.45, 7) is 10.9. The van der Waals surface area contributed by atoms with Gasteiger partial charge in [0.1, 0.15) is 23.0 Å². The number of ketones is 1. The number of carbonyl (C=O) groups excluding carboxylic acids is 2. The van der Waals surface area contributed by atoms with E-state index in [1.165, 1.54) is 14.2 Å². The van der Waals surface area contributed by atoms with Gasteiger partial charge in [-0.2, -0.15) is 0 Å². The van der Waals surface area contributed by atoms with Crippen LogP contribution in [0.2, 0.25) is 0 Å². The Morgan fingerprint density at radius 1 is 1.07 bits per heavy atom. The summed E-state index contributed by atoms with van der Waals surface area (Å²) in [4.78, 5) is 26.2. The van der Waals surface area contributed by atoms with Gasteiger partial charge in [-0.1, -0.05) is 47.1 Å². The van der Waals surface area contributed by atoms with Crippen molar-refractivity contribution >= 4 is 11.8 Å². The topological polar surface area (TPSA) is 61.8 Å². The maximum atomic E-state index is 13.4. The van der Waals surface area contributed by atoms with Crippen LogP contribution in [0, 0.1) is 17.3 Å². The smallest absolute Gasteiger partial charge is 0.316 e. The lowest BCUT2D eigenvalue weighted by Crippen LogP contribution is -2.30.